The van der Waals surface area contributed by atoms with E-state index in [9.17, 15) is 9.59 Å². The summed E-state index contributed by atoms with van der Waals surface area (Å²) in [5.74, 6) is -0.153. The maximum atomic E-state index is 12.5. The molecule has 0 aliphatic heterocycles. The Morgan fingerprint density at radius 1 is 1.38 bits per heavy atom. The first-order chi connectivity index (χ1) is 9.95. The van der Waals surface area contributed by atoms with Gasteiger partial charge in [0.2, 0.25) is 0 Å². The minimum atomic E-state index is -1.03. The first-order valence-corrected chi connectivity index (χ1v) is 8.35. The highest BCUT2D eigenvalue weighted by molar-refractivity contribution is 7.99. The molecule has 0 aromatic carbocycles. The molecule has 3 N–H and O–H groups in total. The Bertz CT molecular complexity index is 553. The van der Waals surface area contributed by atoms with Gasteiger partial charge in [-0.05, 0) is 38.0 Å². The van der Waals surface area contributed by atoms with E-state index in [2.05, 4.69) is 17.2 Å². The second-order valence-electron chi connectivity index (χ2n) is 5.43. The lowest BCUT2D eigenvalue weighted by molar-refractivity contribution is 0.0690. The number of aromatic carboxylic acids is 1. The van der Waals surface area contributed by atoms with Gasteiger partial charge in [0.15, 0.2) is 0 Å². The Morgan fingerprint density at radius 2 is 2.10 bits per heavy atom. The number of thioether (sulfide) groups is 1. The summed E-state index contributed by atoms with van der Waals surface area (Å²) in [6, 6.07) is 0.185. The number of aromatic nitrogens is 1. The standard InChI is InChI=1S/C15H22N2O3S/c1-4-21-11-7-5-6-10(11)17-14(18)12-8(2)13(15(19)20)16-9(12)3/h10-11,16H,4-7H2,1-3H3,(H,17,18)(H,19,20). The van der Waals surface area contributed by atoms with Gasteiger partial charge in [0.1, 0.15) is 5.69 Å². The number of aryl methyl sites for hydroxylation is 1. The molecule has 1 aromatic heterocycles. The van der Waals surface area contributed by atoms with Gasteiger partial charge in [-0.3, -0.25) is 4.79 Å². The second-order valence-corrected chi connectivity index (χ2v) is 6.95. The zero-order chi connectivity index (χ0) is 15.6. The molecule has 2 atom stereocenters. The predicted octanol–water partition coefficient (Wildman–Crippen LogP) is 2.73. The Morgan fingerprint density at radius 3 is 2.67 bits per heavy atom. The molecule has 2 rings (SSSR count). The highest BCUT2D eigenvalue weighted by atomic mass is 32.2. The quantitative estimate of drug-likeness (QED) is 0.781. The molecule has 1 aliphatic rings. The van der Waals surface area contributed by atoms with Gasteiger partial charge in [-0.15, -0.1) is 0 Å². The number of carbonyl (C=O) groups is 2. The molecule has 2 unspecified atom stereocenters. The molecular formula is C15H22N2O3S. The lowest BCUT2D eigenvalue weighted by Gasteiger charge is -2.20. The van der Waals surface area contributed by atoms with E-state index in [1.807, 2.05) is 11.8 Å². The summed E-state index contributed by atoms with van der Waals surface area (Å²) in [4.78, 5) is 26.4. The van der Waals surface area contributed by atoms with Crippen LogP contribution >= 0.6 is 11.8 Å². The molecule has 1 amide bonds. The maximum Gasteiger partial charge on any atom is 0.352 e. The molecule has 0 radical (unpaired) electrons. The Labute approximate surface area is 128 Å². The normalized spacial score (nSPS) is 21.5. The Hall–Kier alpha value is -1.43. The van der Waals surface area contributed by atoms with Gasteiger partial charge in [-0.1, -0.05) is 13.3 Å². The number of hydrogen-bond acceptors (Lipinski definition) is 3. The van der Waals surface area contributed by atoms with Gasteiger partial charge in [-0.25, -0.2) is 4.79 Å². The number of carboxylic acid groups (broad SMARTS) is 1. The van der Waals surface area contributed by atoms with Crippen molar-refractivity contribution in [2.45, 2.75) is 51.3 Å². The molecule has 1 aliphatic carbocycles. The number of amides is 1. The number of rotatable bonds is 5. The average Bonchev–Trinajstić information content (AvgIpc) is 2.95. The van der Waals surface area contributed by atoms with Crippen LogP contribution in [0, 0.1) is 13.8 Å². The van der Waals surface area contributed by atoms with Crippen LogP contribution in [0.25, 0.3) is 0 Å². The number of aromatic amines is 1. The van der Waals surface area contributed by atoms with Crippen LogP contribution in [0.2, 0.25) is 0 Å². The topological polar surface area (TPSA) is 82.2 Å². The van der Waals surface area contributed by atoms with Gasteiger partial charge in [0, 0.05) is 17.0 Å². The summed E-state index contributed by atoms with van der Waals surface area (Å²) in [5, 5.41) is 12.7. The van der Waals surface area contributed by atoms with Crippen molar-refractivity contribution in [3.8, 4) is 0 Å². The molecule has 21 heavy (non-hydrogen) atoms. The summed E-state index contributed by atoms with van der Waals surface area (Å²) in [6.07, 6.45) is 3.26. The third-order valence-electron chi connectivity index (χ3n) is 4.03. The van der Waals surface area contributed by atoms with Crippen LogP contribution in [-0.2, 0) is 0 Å². The fourth-order valence-corrected chi connectivity index (χ4v) is 4.25. The Balaban J connectivity index is 2.15. The summed E-state index contributed by atoms with van der Waals surface area (Å²) >= 11 is 1.89. The third-order valence-corrected chi connectivity index (χ3v) is 5.35. The van der Waals surface area contributed by atoms with Gasteiger partial charge >= 0.3 is 5.97 Å². The lowest BCUT2D eigenvalue weighted by atomic mass is 10.1. The molecule has 116 valence electrons. The number of carbonyl (C=O) groups excluding carboxylic acids is 1. The van der Waals surface area contributed by atoms with E-state index in [0.717, 1.165) is 25.0 Å². The van der Waals surface area contributed by atoms with Crippen molar-refractivity contribution in [3.63, 3.8) is 0 Å². The van der Waals surface area contributed by atoms with E-state index in [1.165, 1.54) is 0 Å². The summed E-state index contributed by atoms with van der Waals surface area (Å²) in [7, 11) is 0. The molecule has 6 heteroatoms. The molecule has 0 saturated heterocycles. The van der Waals surface area contributed by atoms with Gasteiger partial charge in [0.25, 0.3) is 5.91 Å². The minimum Gasteiger partial charge on any atom is -0.477 e. The first-order valence-electron chi connectivity index (χ1n) is 7.30. The molecule has 0 bridgehead atoms. The monoisotopic (exact) mass is 310 g/mol. The van der Waals surface area contributed by atoms with E-state index in [-0.39, 0.29) is 17.6 Å². The maximum absolute atomic E-state index is 12.5. The van der Waals surface area contributed by atoms with Crippen LogP contribution < -0.4 is 5.32 Å². The zero-order valence-electron chi connectivity index (χ0n) is 12.7. The van der Waals surface area contributed by atoms with Crippen molar-refractivity contribution in [1.82, 2.24) is 10.3 Å². The largest absolute Gasteiger partial charge is 0.477 e. The van der Waals surface area contributed by atoms with Crippen LogP contribution in [-0.4, -0.2) is 39.0 Å². The van der Waals surface area contributed by atoms with Crippen molar-refractivity contribution in [1.29, 1.82) is 0 Å². The van der Waals surface area contributed by atoms with E-state index in [0.29, 0.717) is 22.1 Å². The zero-order valence-corrected chi connectivity index (χ0v) is 13.5. The first kappa shape index (κ1) is 15.9. The fourth-order valence-electron chi connectivity index (χ4n) is 3.05. The molecular weight excluding hydrogens is 288 g/mol. The van der Waals surface area contributed by atoms with Crippen LogP contribution in [0.1, 0.15) is 58.3 Å². The number of nitrogens with one attached hydrogen (secondary N) is 2. The number of hydrogen-bond donors (Lipinski definition) is 3. The van der Waals surface area contributed by atoms with Crippen molar-refractivity contribution in [3.05, 3.63) is 22.5 Å². The molecule has 0 spiro atoms. The molecule has 1 heterocycles. The molecule has 5 nitrogen and oxygen atoms in total. The van der Waals surface area contributed by atoms with Crippen molar-refractivity contribution in [2.24, 2.45) is 0 Å². The highest BCUT2D eigenvalue weighted by Gasteiger charge is 2.30. The predicted molar refractivity (Wildman–Crippen MR) is 84.3 cm³/mol. The van der Waals surface area contributed by atoms with E-state index >= 15 is 0 Å². The van der Waals surface area contributed by atoms with Crippen LogP contribution in [0.3, 0.4) is 0 Å². The highest BCUT2D eigenvalue weighted by Crippen LogP contribution is 2.30. The summed E-state index contributed by atoms with van der Waals surface area (Å²) < 4.78 is 0. The van der Waals surface area contributed by atoms with Gasteiger partial charge in [0.05, 0.1) is 5.56 Å². The Kier molecular flexibility index (Phi) is 4.98. The van der Waals surface area contributed by atoms with Crippen molar-refractivity contribution >= 4 is 23.6 Å². The van der Waals surface area contributed by atoms with E-state index in [4.69, 9.17) is 5.11 Å². The molecule has 1 saturated carbocycles. The van der Waals surface area contributed by atoms with Gasteiger partial charge in [-0.2, -0.15) is 11.8 Å². The fraction of sp³-hybridized carbons (Fsp3) is 0.600. The van der Waals surface area contributed by atoms with Crippen molar-refractivity contribution < 1.29 is 14.7 Å². The minimum absolute atomic E-state index is 0.101. The van der Waals surface area contributed by atoms with Crippen molar-refractivity contribution in [2.75, 3.05) is 5.75 Å². The number of H-pyrrole nitrogens is 1. The summed E-state index contributed by atoms with van der Waals surface area (Å²) in [6.45, 7) is 5.54. The van der Waals surface area contributed by atoms with Crippen LogP contribution in [0.5, 0.6) is 0 Å². The van der Waals surface area contributed by atoms with Crippen LogP contribution in [0.4, 0.5) is 0 Å². The molecule has 1 aromatic rings. The van der Waals surface area contributed by atoms with E-state index in [1.54, 1.807) is 13.8 Å². The smallest absolute Gasteiger partial charge is 0.352 e. The van der Waals surface area contributed by atoms with Crippen LogP contribution in [0.15, 0.2) is 0 Å². The van der Waals surface area contributed by atoms with E-state index < -0.39 is 5.97 Å². The second kappa shape index (κ2) is 6.56. The SMILES string of the molecule is CCSC1CCCC1NC(=O)c1c(C)[nH]c(C(=O)O)c1C. The average molecular weight is 310 g/mol. The summed E-state index contributed by atoms with van der Waals surface area (Å²) in [5.41, 5.74) is 1.69. The molecule has 1 fully saturated rings. The number of carboxylic acids is 1. The van der Waals surface area contributed by atoms with Gasteiger partial charge < -0.3 is 15.4 Å². The third kappa shape index (κ3) is 3.26. The lowest BCUT2D eigenvalue weighted by Crippen LogP contribution is -2.39.